The number of halogens is 1. The first-order chi connectivity index (χ1) is 12.8. The van der Waals surface area contributed by atoms with Crippen molar-refractivity contribution in [2.45, 2.75) is 13.3 Å². The van der Waals surface area contributed by atoms with Gasteiger partial charge in [0.1, 0.15) is 0 Å². The van der Waals surface area contributed by atoms with Gasteiger partial charge >= 0.3 is 6.03 Å². The molecule has 7 heteroatoms. The molecule has 1 N–H and O–H groups in total. The number of fused-ring (bicyclic) bond motifs is 1. The van der Waals surface area contributed by atoms with Crippen molar-refractivity contribution in [1.29, 1.82) is 0 Å². The molecule has 0 radical (unpaired) electrons. The number of para-hydroxylation sites is 1. The van der Waals surface area contributed by atoms with Gasteiger partial charge in [-0.2, -0.15) is 0 Å². The van der Waals surface area contributed by atoms with Gasteiger partial charge in [-0.15, -0.1) is 0 Å². The molecule has 0 bridgehead atoms. The number of imide groups is 2. The lowest BCUT2D eigenvalue weighted by Gasteiger charge is -2.45. The molecule has 1 fully saturated rings. The second-order valence-corrected chi connectivity index (χ2v) is 7.51. The fourth-order valence-electron chi connectivity index (χ4n) is 3.92. The summed E-state index contributed by atoms with van der Waals surface area (Å²) in [6, 6.07) is 11.8. The number of nitrogens with one attached hydrogen (secondary N) is 1. The molecule has 2 aliphatic rings. The molecule has 27 heavy (non-hydrogen) atoms. The topological polar surface area (TPSA) is 69.7 Å². The van der Waals surface area contributed by atoms with E-state index >= 15 is 0 Å². The van der Waals surface area contributed by atoms with E-state index in [1.165, 1.54) is 0 Å². The van der Waals surface area contributed by atoms with Crippen molar-refractivity contribution in [1.82, 2.24) is 5.32 Å². The van der Waals surface area contributed by atoms with E-state index < -0.39 is 23.3 Å². The van der Waals surface area contributed by atoms with Crippen LogP contribution in [0.4, 0.5) is 16.2 Å². The van der Waals surface area contributed by atoms with Crippen LogP contribution in [0.15, 0.2) is 42.5 Å². The molecule has 0 unspecified atom stereocenters. The van der Waals surface area contributed by atoms with Gasteiger partial charge in [-0.3, -0.25) is 14.9 Å². The maximum atomic E-state index is 13.5. The molecule has 4 rings (SSSR count). The second kappa shape index (κ2) is 6.09. The van der Waals surface area contributed by atoms with Crippen molar-refractivity contribution in [2.24, 2.45) is 5.41 Å². The molecule has 1 atom stereocenters. The Bertz CT molecular complexity index is 990. The first-order valence-corrected chi connectivity index (χ1v) is 8.96. The van der Waals surface area contributed by atoms with Gasteiger partial charge < -0.3 is 4.90 Å². The number of amides is 4. The van der Waals surface area contributed by atoms with Crippen LogP contribution in [0.5, 0.6) is 0 Å². The van der Waals surface area contributed by atoms with Crippen LogP contribution >= 0.6 is 11.6 Å². The van der Waals surface area contributed by atoms with Crippen molar-refractivity contribution in [3.63, 3.8) is 0 Å². The number of nitrogens with zero attached hydrogens (tertiary/aromatic N) is 2. The Kier molecular flexibility index (Phi) is 3.96. The van der Waals surface area contributed by atoms with Gasteiger partial charge in [0, 0.05) is 19.3 Å². The summed E-state index contributed by atoms with van der Waals surface area (Å²) in [4.78, 5) is 41.7. The quantitative estimate of drug-likeness (QED) is 0.769. The average molecular weight is 384 g/mol. The lowest BCUT2D eigenvalue weighted by Crippen LogP contribution is -2.68. The first kappa shape index (κ1) is 17.5. The zero-order valence-electron chi connectivity index (χ0n) is 15.0. The third-order valence-electron chi connectivity index (χ3n) is 5.21. The van der Waals surface area contributed by atoms with Gasteiger partial charge in [0.25, 0.3) is 5.91 Å². The molecule has 2 aromatic carbocycles. The van der Waals surface area contributed by atoms with Gasteiger partial charge in [-0.05, 0) is 37.1 Å². The van der Waals surface area contributed by atoms with Crippen LogP contribution in [-0.4, -0.2) is 31.4 Å². The van der Waals surface area contributed by atoms with Crippen LogP contribution in [0.3, 0.4) is 0 Å². The van der Waals surface area contributed by atoms with Crippen LogP contribution in [-0.2, 0) is 16.0 Å². The molecule has 4 amide bonds. The van der Waals surface area contributed by atoms with Crippen LogP contribution < -0.4 is 15.1 Å². The Morgan fingerprint density at radius 1 is 1.07 bits per heavy atom. The van der Waals surface area contributed by atoms with E-state index in [0.29, 0.717) is 0 Å². The molecule has 2 heterocycles. The van der Waals surface area contributed by atoms with Crippen molar-refractivity contribution in [3.8, 4) is 0 Å². The van der Waals surface area contributed by atoms with E-state index in [-0.39, 0.29) is 23.7 Å². The average Bonchev–Trinajstić information content (AvgIpc) is 2.61. The Hall–Kier alpha value is -2.86. The van der Waals surface area contributed by atoms with Crippen LogP contribution in [0.25, 0.3) is 0 Å². The van der Waals surface area contributed by atoms with Gasteiger partial charge in [0.15, 0.2) is 5.41 Å². The Morgan fingerprint density at radius 3 is 2.56 bits per heavy atom. The summed E-state index contributed by atoms with van der Waals surface area (Å²) in [6.45, 7) is 2.14. The van der Waals surface area contributed by atoms with E-state index in [0.717, 1.165) is 21.7 Å². The van der Waals surface area contributed by atoms with Gasteiger partial charge in [0.05, 0.1) is 10.7 Å². The van der Waals surface area contributed by atoms with Crippen molar-refractivity contribution >= 4 is 40.8 Å². The molecule has 1 saturated heterocycles. The zero-order valence-corrected chi connectivity index (χ0v) is 15.7. The number of rotatable bonds is 1. The highest BCUT2D eigenvalue weighted by Gasteiger charge is 2.56. The first-order valence-electron chi connectivity index (χ1n) is 8.59. The monoisotopic (exact) mass is 383 g/mol. The van der Waals surface area contributed by atoms with E-state index in [1.54, 1.807) is 24.3 Å². The summed E-state index contributed by atoms with van der Waals surface area (Å²) in [5.41, 5.74) is 1.81. The summed E-state index contributed by atoms with van der Waals surface area (Å²) in [5.74, 6) is -1.12. The molecule has 0 saturated carbocycles. The van der Waals surface area contributed by atoms with Crippen LogP contribution in [0.2, 0.25) is 5.02 Å². The minimum Gasteiger partial charge on any atom is -0.373 e. The third-order valence-corrected chi connectivity index (χ3v) is 5.53. The minimum absolute atomic E-state index is 0.183. The van der Waals surface area contributed by atoms with Crippen molar-refractivity contribution < 1.29 is 14.4 Å². The van der Waals surface area contributed by atoms with E-state index in [1.807, 2.05) is 37.1 Å². The number of hydrogen-bond acceptors (Lipinski definition) is 4. The summed E-state index contributed by atoms with van der Waals surface area (Å²) in [6.07, 6.45) is 0.229. The predicted octanol–water partition coefficient (Wildman–Crippen LogP) is 2.91. The lowest BCUT2D eigenvalue weighted by molar-refractivity contribution is -0.142. The molecular weight excluding hydrogens is 366 g/mol. The van der Waals surface area contributed by atoms with Gasteiger partial charge in [-0.25, -0.2) is 9.69 Å². The van der Waals surface area contributed by atoms with Crippen molar-refractivity contribution in [2.75, 3.05) is 23.4 Å². The smallest absolute Gasteiger partial charge is 0.335 e. The standard InChI is InChI=1S/C20H18ClN3O3/c1-12-7-8-15-13(9-12)10-20(11-23(15)2)17(25)22-19(27)24(18(20)26)16-6-4-3-5-14(16)21/h3-9H,10-11H2,1-2H3,(H,22,25,27)/t20-/m1/s1. The Balaban J connectivity index is 1.83. The summed E-state index contributed by atoms with van der Waals surface area (Å²) in [7, 11) is 1.84. The number of aryl methyl sites for hydroxylation is 1. The molecule has 2 aromatic rings. The molecule has 6 nitrogen and oxygen atoms in total. The number of hydrogen-bond donors (Lipinski definition) is 1. The van der Waals surface area contributed by atoms with E-state index in [9.17, 15) is 14.4 Å². The van der Waals surface area contributed by atoms with Crippen LogP contribution in [0.1, 0.15) is 11.1 Å². The largest absolute Gasteiger partial charge is 0.373 e. The van der Waals surface area contributed by atoms with Crippen LogP contribution in [0, 0.1) is 12.3 Å². The molecule has 2 aliphatic heterocycles. The molecular formula is C20H18ClN3O3. The fourth-order valence-corrected chi connectivity index (χ4v) is 4.14. The predicted molar refractivity (Wildman–Crippen MR) is 103 cm³/mol. The lowest BCUT2D eigenvalue weighted by atomic mass is 9.74. The fraction of sp³-hybridized carbons (Fsp3) is 0.250. The van der Waals surface area contributed by atoms with Crippen molar-refractivity contribution in [3.05, 3.63) is 58.6 Å². The molecule has 1 spiro atoms. The molecule has 0 aromatic heterocycles. The zero-order chi connectivity index (χ0) is 19.3. The molecule has 0 aliphatic carbocycles. The SMILES string of the molecule is Cc1ccc2c(c1)C[C@@]1(CN2C)C(=O)NC(=O)N(c2ccccc2Cl)C1=O. The highest BCUT2D eigenvalue weighted by atomic mass is 35.5. The number of benzene rings is 2. The molecule has 138 valence electrons. The number of barbiturate groups is 1. The normalized spacial score (nSPS) is 22.1. The Labute approximate surface area is 161 Å². The second-order valence-electron chi connectivity index (χ2n) is 7.10. The number of anilines is 2. The maximum Gasteiger partial charge on any atom is 0.335 e. The summed E-state index contributed by atoms with van der Waals surface area (Å²) < 4.78 is 0. The third kappa shape index (κ3) is 2.59. The van der Waals surface area contributed by atoms with E-state index in [4.69, 9.17) is 11.6 Å². The highest BCUT2D eigenvalue weighted by molar-refractivity contribution is 6.37. The summed E-state index contributed by atoms with van der Waals surface area (Å²) in [5, 5.41) is 2.62. The van der Waals surface area contributed by atoms with Gasteiger partial charge in [-0.1, -0.05) is 41.4 Å². The number of carbonyl (C=O) groups excluding carboxylic acids is 3. The number of carbonyl (C=O) groups is 3. The van der Waals surface area contributed by atoms with E-state index in [2.05, 4.69) is 5.32 Å². The number of urea groups is 1. The highest BCUT2D eigenvalue weighted by Crippen LogP contribution is 2.41. The Morgan fingerprint density at radius 2 is 1.81 bits per heavy atom. The minimum atomic E-state index is -1.39. The summed E-state index contributed by atoms with van der Waals surface area (Å²) >= 11 is 6.21. The van der Waals surface area contributed by atoms with Gasteiger partial charge in [0.2, 0.25) is 5.91 Å². The maximum absolute atomic E-state index is 13.5.